The number of amides is 1. The smallest absolute Gasteiger partial charge is 0.272 e. The standard InChI is InChI=1S/C13H13N3O3/c1-6-10-11(14-13(18)12(10)16-15-6)7-3-4-8(17)9(5-7)19-2/h3-5,11,17H,1-2H3,(H,14,18)(H,15,16). The number of rotatable bonds is 2. The molecule has 6 heteroatoms. The Kier molecular flexibility index (Phi) is 2.45. The Morgan fingerprint density at radius 1 is 1.42 bits per heavy atom. The summed E-state index contributed by atoms with van der Waals surface area (Å²) >= 11 is 0. The van der Waals surface area contributed by atoms with Crippen LogP contribution in [0.15, 0.2) is 18.2 Å². The summed E-state index contributed by atoms with van der Waals surface area (Å²) in [5, 5.41) is 19.3. The van der Waals surface area contributed by atoms with Crippen molar-refractivity contribution in [1.29, 1.82) is 0 Å². The molecule has 1 aliphatic heterocycles. The van der Waals surface area contributed by atoms with Crippen molar-refractivity contribution in [2.45, 2.75) is 13.0 Å². The molecule has 1 aromatic heterocycles. The molecule has 1 atom stereocenters. The largest absolute Gasteiger partial charge is 0.504 e. The number of methoxy groups -OCH3 is 1. The number of fused-ring (bicyclic) bond motifs is 1. The van der Waals surface area contributed by atoms with E-state index in [4.69, 9.17) is 4.74 Å². The summed E-state index contributed by atoms with van der Waals surface area (Å²) in [7, 11) is 1.49. The maximum atomic E-state index is 11.8. The van der Waals surface area contributed by atoms with Crippen LogP contribution in [0, 0.1) is 6.92 Å². The van der Waals surface area contributed by atoms with Crippen LogP contribution in [-0.4, -0.2) is 28.3 Å². The second kappa shape index (κ2) is 4.01. The minimum atomic E-state index is -0.268. The summed E-state index contributed by atoms with van der Waals surface area (Å²) in [5.41, 5.74) is 2.96. The van der Waals surface area contributed by atoms with Gasteiger partial charge in [-0.25, -0.2) is 0 Å². The quantitative estimate of drug-likeness (QED) is 0.757. The minimum absolute atomic E-state index is 0.0692. The molecule has 6 nitrogen and oxygen atoms in total. The molecular weight excluding hydrogens is 246 g/mol. The van der Waals surface area contributed by atoms with Gasteiger partial charge in [-0.3, -0.25) is 9.89 Å². The van der Waals surface area contributed by atoms with E-state index in [1.807, 2.05) is 6.92 Å². The number of benzene rings is 1. The molecule has 1 aromatic carbocycles. The van der Waals surface area contributed by atoms with E-state index in [1.165, 1.54) is 7.11 Å². The monoisotopic (exact) mass is 259 g/mol. The summed E-state index contributed by atoms with van der Waals surface area (Å²) < 4.78 is 5.09. The first kappa shape index (κ1) is 11.6. The van der Waals surface area contributed by atoms with E-state index in [9.17, 15) is 9.90 Å². The lowest BCUT2D eigenvalue weighted by Gasteiger charge is -2.14. The van der Waals surface area contributed by atoms with Gasteiger partial charge < -0.3 is 15.2 Å². The molecular formula is C13H13N3O3. The highest BCUT2D eigenvalue weighted by atomic mass is 16.5. The second-order valence-electron chi connectivity index (χ2n) is 4.45. The fourth-order valence-corrected chi connectivity index (χ4v) is 2.36. The first-order valence-corrected chi connectivity index (χ1v) is 5.84. The molecule has 3 rings (SSSR count). The Hall–Kier alpha value is -2.50. The van der Waals surface area contributed by atoms with Gasteiger partial charge >= 0.3 is 0 Å². The SMILES string of the molecule is COc1cc(C2NC(=O)c3n[nH]c(C)c32)ccc1O. The van der Waals surface area contributed by atoms with Gasteiger partial charge in [0.15, 0.2) is 17.2 Å². The predicted molar refractivity (Wildman–Crippen MR) is 67.3 cm³/mol. The van der Waals surface area contributed by atoms with Crippen molar-refractivity contribution < 1.29 is 14.6 Å². The predicted octanol–water partition coefficient (Wildman–Crippen LogP) is 1.27. The van der Waals surface area contributed by atoms with E-state index in [0.29, 0.717) is 11.4 Å². The number of carbonyl (C=O) groups is 1. The van der Waals surface area contributed by atoms with Gasteiger partial charge in [0.2, 0.25) is 0 Å². The highest BCUT2D eigenvalue weighted by Gasteiger charge is 2.34. The molecule has 1 amide bonds. The number of hydrogen-bond donors (Lipinski definition) is 3. The van der Waals surface area contributed by atoms with Crippen LogP contribution in [0.5, 0.6) is 11.5 Å². The van der Waals surface area contributed by atoms with Gasteiger partial charge in [0, 0.05) is 11.3 Å². The van der Waals surface area contributed by atoms with Gasteiger partial charge in [-0.05, 0) is 24.6 Å². The number of H-pyrrole nitrogens is 1. The average Bonchev–Trinajstić information content (AvgIpc) is 2.93. The Morgan fingerprint density at radius 3 is 2.95 bits per heavy atom. The van der Waals surface area contributed by atoms with Crippen LogP contribution >= 0.6 is 0 Å². The molecule has 3 N–H and O–H groups in total. The lowest BCUT2D eigenvalue weighted by Crippen LogP contribution is -2.21. The number of ether oxygens (including phenoxy) is 1. The first-order chi connectivity index (χ1) is 9.11. The lowest BCUT2D eigenvalue weighted by atomic mass is 10.00. The van der Waals surface area contributed by atoms with Gasteiger partial charge in [0.05, 0.1) is 13.2 Å². The van der Waals surface area contributed by atoms with E-state index in [1.54, 1.807) is 18.2 Å². The molecule has 0 saturated heterocycles. The maximum absolute atomic E-state index is 11.8. The number of aromatic nitrogens is 2. The number of hydrogen-bond acceptors (Lipinski definition) is 4. The fraction of sp³-hybridized carbons (Fsp3) is 0.231. The highest BCUT2D eigenvalue weighted by molar-refractivity contribution is 5.98. The van der Waals surface area contributed by atoms with Crippen molar-refractivity contribution >= 4 is 5.91 Å². The Bertz CT molecular complexity index is 663. The van der Waals surface area contributed by atoms with Crippen LogP contribution in [0.4, 0.5) is 0 Å². The fourth-order valence-electron chi connectivity index (χ4n) is 2.36. The molecule has 98 valence electrons. The second-order valence-corrected chi connectivity index (χ2v) is 4.45. The van der Waals surface area contributed by atoms with Crippen LogP contribution in [0.2, 0.25) is 0 Å². The number of aromatic amines is 1. The topological polar surface area (TPSA) is 87.2 Å². The zero-order valence-corrected chi connectivity index (χ0v) is 10.5. The van der Waals surface area contributed by atoms with Gasteiger partial charge in [-0.2, -0.15) is 5.10 Å². The van der Waals surface area contributed by atoms with Gasteiger partial charge in [-0.1, -0.05) is 6.07 Å². The van der Waals surface area contributed by atoms with Crippen molar-refractivity contribution in [3.63, 3.8) is 0 Å². The number of carbonyl (C=O) groups excluding carboxylic acids is 1. The molecule has 0 saturated carbocycles. The molecule has 0 bridgehead atoms. The molecule has 0 fully saturated rings. The number of nitrogens with zero attached hydrogens (tertiary/aromatic N) is 1. The summed E-state index contributed by atoms with van der Waals surface area (Å²) in [5.74, 6) is 0.248. The summed E-state index contributed by atoms with van der Waals surface area (Å²) in [6.07, 6.45) is 0. The molecule has 0 radical (unpaired) electrons. The average molecular weight is 259 g/mol. The molecule has 19 heavy (non-hydrogen) atoms. The van der Waals surface area contributed by atoms with E-state index in [2.05, 4.69) is 15.5 Å². The van der Waals surface area contributed by atoms with Crippen LogP contribution in [0.25, 0.3) is 0 Å². The van der Waals surface area contributed by atoms with Crippen LogP contribution in [-0.2, 0) is 0 Å². The lowest BCUT2D eigenvalue weighted by molar-refractivity contribution is 0.0955. The number of aromatic hydroxyl groups is 1. The van der Waals surface area contributed by atoms with Crippen molar-refractivity contribution in [2.75, 3.05) is 7.11 Å². The number of aryl methyl sites for hydroxylation is 1. The zero-order valence-electron chi connectivity index (χ0n) is 10.5. The van der Waals surface area contributed by atoms with Crippen LogP contribution in [0.3, 0.4) is 0 Å². The third kappa shape index (κ3) is 1.64. The Labute approximate surface area is 109 Å². The Balaban J connectivity index is 2.09. The molecule has 0 aliphatic carbocycles. The zero-order chi connectivity index (χ0) is 13.6. The molecule has 2 heterocycles. The van der Waals surface area contributed by atoms with E-state index in [-0.39, 0.29) is 17.7 Å². The highest BCUT2D eigenvalue weighted by Crippen LogP contribution is 2.35. The van der Waals surface area contributed by atoms with E-state index < -0.39 is 0 Å². The first-order valence-electron chi connectivity index (χ1n) is 5.84. The Morgan fingerprint density at radius 2 is 2.21 bits per heavy atom. The summed E-state index contributed by atoms with van der Waals surface area (Å²) in [6.45, 7) is 1.87. The van der Waals surface area contributed by atoms with Crippen molar-refractivity contribution in [3.8, 4) is 11.5 Å². The summed E-state index contributed by atoms with van der Waals surface area (Å²) in [6, 6.07) is 4.75. The maximum Gasteiger partial charge on any atom is 0.272 e. The summed E-state index contributed by atoms with van der Waals surface area (Å²) in [4.78, 5) is 11.8. The minimum Gasteiger partial charge on any atom is -0.504 e. The normalized spacial score (nSPS) is 17.2. The molecule has 2 aromatic rings. The number of nitrogens with one attached hydrogen (secondary N) is 2. The molecule has 1 unspecified atom stereocenters. The van der Waals surface area contributed by atoms with Crippen molar-refractivity contribution in [2.24, 2.45) is 0 Å². The van der Waals surface area contributed by atoms with E-state index >= 15 is 0 Å². The third-order valence-electron chi connectivity index (χ3n) is 3.31. The molecule has 1 aliphatic rings. The van der Waals surface area contributed by atoms with E-state index in [0.717, 1.165) is 16.8 Å². The van der Waals surface area contributed by atoms with Crippen molar-refractivity contribution in [1.82, 2.24) is 15.5 Å². The third-order valence-corrected chi connectivity index (χ3v) is 3.31. The van der Waals surface area contributed by atoms with Crippen LogP contribution in [0.1, 0.15) is 33.4 Å². The molecule has 0 spiro atoms. The van der Waals surface area contributed by atoms with Gasteiger partial charge in [0.1, 0.15) is 0 Å². The van der Waals surface area contributed by atoms with Gasteiger partial charge in [-0.15, -0.1) is 0 Å². The van der Waals surface area contributed by atoms with Gasteiger partial charge in [0.25, 0.3) is 5.91 Å². The number of phenolic OH excluding ortho intramolecular Hbond substituents is 1. The van der Waals surface area contributed by atoms with Crippen molar-refractivity contribution in [3.05, 3.63) is 40.7 Å². The van der Waals surface area contributed by atoms with Crippen LogP contribution < -0.4 is 10.1 Å². The number of phenols is 1.